The van der Waals surface area contributed by atoms with Crippen LogP contribution in [0, 0.1) is 11.8 Å². The average Bonchev–Trinajstić information content (AvgIpc) is 2.98. The summed E-state index contributed by atoms with van der Waals surface area (Å²) in [5.41, 5.74) is 0. The van der Waals surface area contributed by atoms with Crippen LogP contribution in [0.3, 0.4) is 0 Å². The van der Waals surface area contributed by atoms with Crippen molar-refractivity contribution in [2.75, 3.05) is 0 Å². The van der Waals surface area contributed by atoms with Crippen LogP contribution in [0.1, 0.15) is 0 Å². The smallest absolute Gasteiger partial charge is 0.167 e. The number of epoxide rings is 1. The van der Waals surface area contributed by atoms with E-state index in [1.54, 1.807) is 0 Å². The third-order valence-electron chi connectivity index (χ3n) is 4.67. The van der Waals surface area contributed by atoms with Crippen molar-refractivity contribution in [1.82, 2.24) is 0 Å². The van der Waals surface area contributed by atoms with Gasteiger partial charge in [0.25, 0.3) is 0 Å². The monoisotopic (exact) mass is 368 g/mol. The van der Waals surface area contributed by atoms with E-state index < -0.39 is 26.1 Å². The van der Waals surface area contributed by atoms with Gasteiger partial charge in [0.15, 0.2) is 4.33 Å². The molecule has 2 bridgehead atoms. The zero-order valence-corrected chi connectivity index (χ0v) is 13.0. The zero-order valence-electron chi connectivity index (χ0n) is 8.51. The number of aliphatic hydroxyl groups is 1. The summed E-state index contributed by atoms with van der Waals surface area (Å²) >= 11 is 38.3. The maximum Gasteiger partial charge on any atom is 0.167 e. The SMILES string of the molecule is OC1C2OC2C2C1C1(Cl)C(Cl)=C(Cl)C2(Cl)C1(Cl)Cl. The van der Waals surface area contributed by atoms with Gasteiger partial charge in [-0.25, -0.2) is 0 Å². The van der Waals surface area contributed by atoms with E-state index >= 15 is 0 Å². The predicted octanol–water partition coefficient (Wildman–Crippen LogP) is 3.21. The van der Waals surface area contributed by atoms with E-state index in [4.69, 9.17) is 74.3 Å². The first kappa shape index (κ1) is 13.1. The first-order valence-corrected chi connectivity index (χ1v) is 7.63. The molecule has 7 atom stereocenters. The van der Waals surface area contributed by atoms with E-state index in [0.29, 0.717) is 0 Å². The van der Waals surface area contributed by atoms with Crippen LogP contribution in [0.15, 0.2) is 10.1 Å². The van der Waals surface area contributed by atoms with Gasteiger partial charge in [-0.3, -0.25) is 0 Å². The number of fused-ring (bicyclic) bond motifs is 7. The quantitative estimate of drug-likeness (QED) is 0.524. The van der Waals surface area contributed by atoms with Crippen molar-refractivity contribution < 1.29 is 9.84 Å². The predicted molar refractivity (Wildman–Crippen MR) is 72.0 cm³/mol. The summed E-state index contributed by atoms with van der Waals surface area (Å²) < 4.78 is 3.81. The van der Waals surface area contributed by atoms with Crippen LogP contribution in [-0.2, 0) is 4.74 Å². The van der Waals surface area contributed by atoms with Gasteiger partial charge in [-0.1, -0.05) is 46.4 Å². The van der Waals surface area contributed by atoms with Gasteiger partial charge in [0, 0.05) is 11.8 Å². The lowest BCUT2D eigenvalue weighted by Crippen LogP contribution is -2.47. The highest BCUT2D eigenvalue weighted by atomic mass is 35.5. The van der Waals surface area contributed by atoms with Crippen LogP contribution in [0.5, 0.6) is 0 Å². The highest BCUT2D eigenvalue weighted by Gasteiger charge is 2.89. The van der Waals surface area contributed by atoms with Crippen LogP contribution in [0.25, 0.3) is 0 Å². The van der Waals surface area contributed by atoms with Crippen molar-refractivity contribution in [3.05, 3.63) is 10.1 Å². The Labute approximate surface area is 133 Å². The highest BCUT2D eigenvalue weighted by Crippen LogP contribution is 2.80. The van der Waals surface area contributed by atoms with Crippen LogP contribution < -0.4 is 0 Å². The molecule has 1 heterocycles. The Bertz CT molecular complexity index is 479. The van der Waals surface area contributed by atoms with Gasteiger partial charge >= 0.3 is 0 Å². The fourth-order valence-electron chi connectivity index (χ4n) is 3.85. The van der Waals surface area contributed by atoms with E-state index in [2.05, 4.69) is 0 Å². The minimum Gasteiger partial charge on any atom is -0.390 e. The van der Waals surface area contributed by atoms with Crippen LogP contribution >= 0.6 is 69.6 Å². The second kappa shape index (κ2) is 3.25. The lowest BCUT2D eigenvalue weighted by Gasteiger charge is -2.35. The molecule has 0 amide bonds. The van der Waals surface area contributed by atoms with Gasteiger partial charge in [0.2, 0.25) is 0 Å². The van der Waals surface area contributed by atoms with Crippen molar-refractivity contribution in [1.29, 1.82) is 0 Å². The summed E-state index contributed by atoms with van der Waals surface area (Å²) in [6.07, 6.45) is -1.26. The third kappa shape index (κ3) is 0.972. The van der Waals surface area contributed by atoms with Crippen LogP contribution in [-0.4, -0.2) is 37.5 Å². The van der Waals surface area contributed by atoms with Gasteiger partial charge in [-0.2, -0.15) is 0 Å². The molecule has 0 aromatic heterocycles. The van der Waals surface area contributed by atoms with E-state index in [1.165, 1.54) is 0 Å². The first-order chi connectivity index (χ1) is 8.20. The summed E-state index contributed by atoms with van der Waals surface area (Å²) in [7, 11) is 0. The Kier molecular flexibility index (Phi) is 2.36. The number of hydrogen-bond donors (Lipinski definition) is 1. The number of rotatable bonds is 0. The Balaban J connectivity index is 2.01. The number of aliphatic hydroxyl groups excluding tert-OH is 1. The summed E-state index contributed by atoms with van der Waals surface area (Å²) in [5, 5.41) is 10.5. The molecule has 7 unspecified atom stereocenters. The Morgan fingerprint density at radius 1 is 0.889 bits per heavy atom. The molecular weight excluding hydrogens is 365 g/mol. The molecule has 2 saturated carbocycles. The van der Waals surface area contributed by atoms with Gasteiger partial charge < -0.3 is 9.84 Å². The summed E-state index contributed by atoms with van der Waals surface area (Å²) in [4.78, 5) is -2.67. The maximum absolute atomic E-state index is 10.2. The summed E-state index contributed by atoms with van der Waals surface area (Å²) in [5.74, 6) is -0.785. The van der Waals surface area contributed by atoms with E-state index in [0.717, 1.165) is 0 Å². The van der Waals surface area contributed by atoms with E-state index in [9.17, 15) is 5.11 Å². The van der Waals surface area contributed by atoms with Gasteiger partial charge in [0.05, 0.1) is 22.3 Å². The molecule has 1 saturated heterocycles. The molecule has 3 fully saturated rings. The molecule has 0 radical (unpaired) electrons. The van der Waals surface area contributed by atoms with Crippen LogP contribution in [0.4, 0.5) is 0 Å². The molecule has 100 valence electrons. The van der Waals surface area contributed by atoms with Gasteiger partial charge in [-0.05, 0) is 0 Å². The summed E-state index contributed by atoms with van der Waals surface area (Å²) in [6.45, 7) is 0. The number of alkyl halides is 4. The molecule has 0 aromatic carbocycles. The fraction of sp³-hybridized carbons (Fsp3) is 0.800. The number of halogens is 6. The second-order valence-electron chi connectivity index (χ2n) is 5.23. The zero-order chi connectivity index (χ0) is 13.2. The molecule has 0 aromatic rings. The second-order valence-corrected chi connectivity index (χ2v) is 8.51. The maximum atomic E-state index is 10.2. The number of allylic oxidation sites excluding steroid dienone is 2. The van der Waals surface area contributed by atoms with Crippen molar-refractivity contribution >= 4 is 69.6 Å². The highest BCUT2D eigenvalue weighted by molar-refractivity contribution is 6.65. The Morgan fingerprint density at radius 3 is 1.94 bits per heavy atom. The van der Waals surface area contributed by atoms with Gasteiger partial charge in [-0.15, -0.1) is 23.2 Å². The molecule has 4 rings (SSSR count). The minimum absolute atomic E-state index is 0.132. The molecule has 1 aliphatic heterocycles. The van der Waals surface area contributed by atoms with Crippen molar-refractivity contribution in [2.45, 2.75) is 32.4 Å². The molecule has 1 N–H and O–H groups in total. The largest absolute Gasteiger partial charge is 0.390 e. The molecule has 18 heavy (non-hydrogen) atoms. The Morgan fingerprint density at radius 2 is 1.39 bits per heavy atom. The van der Waals surface area contributed by atoms with Crippen molar-refractivity contribution in [2.24, 2.45) is 11.8 Å². The molecule has 0 spiro atoms. The standard InChI is InChI=1S/C10H6Cl6O2/c11-6-7(12)9(14)2-1(3(17)5-4(2)18-5)8(6,13)10(9,15)16/h1-5,17H. The normalized spacial score (nSPS) is 63.2. The van der Waals surface area contributed by atoms with Crippen LogP contribution in [0.2, 0.25) is 0 Å². The van der Waals surface area contributed by atoms with Crippen molar-refractivity contribution in [3.63, 3.8) is 0 Å². The fourth-order valence-corrected chi connectivity index (χ4v) is 6.91. The molecular formula is C10H6Cl6O2. The lowest BCUT2D eigenvalue weighted by atomic mass is 9.83. The van der Waals surface area contributed by atoms with Crippen molar-refractivity contribution in [3.8, 4) is 0 Å². The minimum atomic E-state index is -1.58. The number of ether oxygens (including phenoxy) is 1. The molecule has 3 aliphatic carbocycles. The van der Waals surface area contributed by atoms with E-state index in [-0.39, 0.29) is 28.2 Å². The average molecular weight is 371 g/mol. The third-order valence-corrected chi connectivity index (χ3v) is 8.96. The molecule has 2 nitrogen and oxygen atoms in total. The van der Waals surface area contributed by atoms with Gasteiger partial charge in [0.1, 0.15) is 15.9 Å². The topological polar surface area (TPSA) is 32.8 Å². The Hall–Kier alpha value is 1.40. The molecule has 8 heteroatoms. The first-order valence-electron chi connectivity index (χ1n) is 5.36. The van der Waals surface area contributed by atoms with E-state index in [1.807, 2.05) is 0 Å². The lowest BCUT2D eigenvalue weighted by molar-refractivity contribution is 0.0415. The summed E-state index contributed by atoms with van der Waals surface area (Å²) in [6, 6.07) is 0. The molecule has 4 aliphatic rings. The number of hydrogen-bond acceptors (Lipinski definition) is 2.